The molecule has 0 N–H and O–H groups in total. The van der Waals surface area contributed by atoms with E-state index >= 15 is 4.39 Å². The topological polar surface area (TPSA) is 93.2 Å². The van der Waals surface area contributed by atoms with E-state index in [2.05, 4.69) is 29.2 Å². The second-order valence-corrected chi connectivity index (χ2v) is 16.7. The van der Waals surface area contributed by atoms with E-state index in [1.54, 1.807) is 0 Å². The van der Waals surface area contributed by atoms with Gasteiger partial charge in [0, 0.05) is 29.6 Å². The Kier molecular flexibility index (Phi) is 8.27. The number of pyridine rings is 1. The van der Waals surface area contributed by atoms with Gasteiger partial charge in [0.2, 0.25) is 5.88 Å². The Morgan fingerprint density at radius 2 is 1.96 bits per heavy atom. The van der Waals surface area contributed by atoms with Gasteiger partial charge in [-0.15, -0.1) is 6.42 Å². The van der Waals surface area contributed by atoms with Crippen molar-refractivity contribution in [3.63, 3.8) is 0 Å². The van der Waals surface area contributed by atoms with Crippen molar-refractivity contribution in [2.75, 3.05) is 31.1 Å². The van der Waals surface area contributed by atoms with Crippen LogP contribution in [0.5, 0.6) is 11.9 Å². The summed E-state index contributed by atoms with van der Waals surface area (Å²) in [6, 6.07) is 10.9. The van der Waals surface area contributed by atoms with Crippen LogP contribution in [-0.2, 0) is 4.74 Å². The molecule has 4 aromatic rings. The molecule has 10 nitrogen and oxygen atoms in total. The fourth-order valence-electron chi connectivity index (χ4n) is 9.93. The Hall–Kier alpha value is -4.95. The number of hydrogen-bond acceptors (Lipinski definition) is 9. The van der Waals surface area contributed by atoms with E-state index in [4.69, 9.17) is 35.6 Å². The number of halogens is 1. The first-order valence-electron chi connectivity index (χ1n) is 19.4. The Balaban J connectivity index is 1.23. The normalized spacial score (nSPS) is 26.0. The number of ether oxygens (including phenoxy) is 3. The van der Waals surface area contributed by atoms with Crippen molar-refractivity contribution >= 4 is 33.6 Å². The number of anilines is 1. The Bertz CT molecular complexity index is 2240. The van der Waals surface area contributed by atoms with Crippen LogP contribution in [0, 0.1) is 18.2 Å². The lowest BCUT2D eigenvalue weighted by Crippen LogP contribution is -2.65. The minimum absolute atomic E-state index is 0.0830. The molecule has 2 bridgehead atoms. The van der Waals surface area contributed by atoms with Gasteiger partial charge < -0.3 is 19.1 Å². The zero-order valence-electron chi connectivity index (χ0n) is 31.5. The SMILES string of the molecule is C#Cc1cccc2cccc(-c3nc4c5c(nc(OCC67CCCN6CC(=C)C7)nc5c3F)N3C[C@H]5CC[C@@H]([C@H]3C(CCC)O4)N5C(=O)OC(C)(C)C)c12. The number of hydrogen-bond donors (Lipinski definition) is 0. The van der Waals surface area contributed by atoms with Crippen LogP contribution in [-0.4, -0.2) is 92.5 Å². The van der Waals surface area contributed by atoms with Crippen LogP contribution < -0.4 is 14.4 Å². The van der Waals surface area contributed by atoms with Crippen molar-refractivity contribution in [3.05, 3.63) is 59.9 Å². The van der Waals surface area contributed by atoms with Crippen molar-refractivity contribution in [2.45, 2.75) is 108 Å². The highest BCUT2D eigenvalue weighted by molar-refractivity contribution is 6.03. The summed E-state index contributed by atoms with van der Waals surface area (Å²) >= 11 is 0. The van der Waals surface area contributed by atoms with Gasteiger partial charge in [-0.1, -0.05) is 61.7 Å². The van der Waals surface area contributed by atoms with E-state index < -0.39 is 11.4 Å². The number of benzene rings is 2. The first-order chi connectivity index (χ1) is 26.0. The van der Waals surface area contributed by atoms with Gasteiger partial charge in [-0.2, -0.15) is 9.97 Å². The molecule has 2 aromatic heterocycles. The summed E-state index contributed by atoms with van der Waals surface area (Å²) < 4.78 is 37.0. The highest BCUT2D eigenvalue weighted by Crippen LogP contribution is 2.48. The number of carbonyl (C=O) groups excluding carboxylic acids is 1. The fourth-order valence-corrected chi connectivity index (χ4v) is 9.93. The number of carbonyl (C=O) groups is 1. The van der Waals surface area contributed by atoms with E-state index in [1.807, 2.05) is 62.1 Å². The van der Waals surface area contributed by atoms with Gasteiger partial charge in [0.25, 0.3) is 0 Å². The molecule has 5 aliphatic heterocycles. The maximum atomic E-state index is 17.5. The van der Waals surface area contributed by atoms with Crippen LogP contribution in [0.3, 0.4) is 0 Å². The number of piperazine rings is 1. The zero-order chi connectivity index (χ0) is 37.5. The van der Waals surface area contributed by atoms with E-state index in [-0.39, 0.29) is 59.0 Å². The molecule has 2 aromatic carbocycles. The van der Waals surface area contributed by atoms with Gasteiger partial charge in [0.15, 0.2) is 5.82 Å². The van der Waals surface area contributed by atoms with Crippen LogP contribution in [0.4, 0.5) is 15.0 Å². The maximum absolute atomic E-state index is 17.5. The van der Waals surface area contributed by atoms with Gasteiger partial charge in [-0.05, 0) is 77.3 Å². The highest BCUT2D eigenvalue weighted by atomic mass is 19.1. The van der Waals surface area contributed by atoms with Gasteiger partial charge >= 0.3 is 12.1 Å². The number of nitrogens with zero attached hydrogens (tertiary/aromatic N) is 6. The van der Waals surface area contributed by atoms with E-state index in [1.165, 1.54) is 5.57 Å². The third kappa shape index (κ3) is 5.55. The largest absolute Gasteiger partial charge is 0.471 e. The van der Waals surface area contributed by atoms with E-state index in [9.17, 15) is 4.79 Å². The van der Waals surface area contributed by atoms with Crippen molar-refractivity contribution in [2.24, 2.45) is 0 Å². The van der Waals surface area contributed by atoms with Crippen molar-refractivity contribution in [1.82, 2.24) is 24.8 Å². The van der Waals surface area contributed by atoms with Gasteiger partial charge in [0.05, 0.1) is 23.7 Å². The lowest BCUT2D eigenvalue weighted by atomic mass is 9.94. The lowest BCUT2D eigenvalue weighted by Gasteiger charge is -2.48. The van der Waals surface area contributed by atoms with Crippen molar-refractivity contribution < 1.29 is 23.4 Å². The Labute approximate surface area is 315 Å². The molecule has 2 unspecified atom stereocenters. The van der Waals surface area contributed by atoms with Crippen LogP contribution in [0.2, 0.25) is 0 Å². The minimum atomic E-state index is -0.642. The summed E-state index contributed by atoms with van der Waals surface area (Å²) in [4.78, 5) is 35.3. The molecule has 0 saturated carbocycles. The molecule has 0 aliphatic carbocycles. The van der Waals surface area contributed by atoms with Crippen LogP contribution >= 0.6 is 0 Å². The van der Waals surface area contributed by atoms with Gasteiger partial charge in [-0.25, -0.2) is 14.2 Å². The second kappa shape index (κ2) is 12.8. The zero-order valence-corrected chi connectivity index (χ0v) is 31.5. The number of rotatable bonds is 6. The number of amides is 1. The van der Waals surface area contributed by atoms with Crippen LogP contribution in [0.25, 0.3) is 32.9 Å². The number of fused-ring (bicyclic) bond motifs is 7. The van der Waals surface area contributed by atoms with Gasteiger partial charge in [-0.3, -0.25) is 9.80 Å². The quantitative estimate of drug-likeness (QED) is 0.147. The predicted octanol–water partition coefficient (Wildman–Crippen LogP) is 7.66. The van der Waals surface area contributed by atoms with E-state index in [0.29, 0.717) is 41.9 Å². The lowest BCUT2D eigenvalue weighted by molar-refractivity contribution is -0.000969. The summed E-state index contributed by atoms with van der Waals surface area (Å²) in [6.45, 7) is 14.8. The molecule has 5 aliphatic rings. The molecule has 11 heteroatoms. The smallest absolute Gasteiger partial charge is 0.410 e. The molecular formula is C43H47FN6O4. The first kappa shape index (κ1) is 34.8. The minimum Gasteiger partial charge on any atom is -0.471 e. The molecule has 0 radical (unpaired) electrons. The molecule has 9 rings (SSSR count). The summed E-state index contributed by atoms with van der Waals surface area (Å²) in [6.07, 6.45) is 11.3. The molecule has 280 valence electrons. The predicted molar refractivity (Wildman–Crippen MR) is 206 cm³/mol. The summed E-state index contributed by atoms with van der Waals surface area (Å²) in [5, 5.41) is 2.01. The number of aromatic nitrogens is 3. The number of terminal acetylenes is 1. The van der Waals surface area contributed by atoms with Crippen LogP contribution in [0.15, 0.2) is 48.6 Å². The van der Waals surface area contributed by atoms with Gasteiger partial charge in [0.1, 0.15) is 40.7 Å². The molecule has 4 fully saturated rings. The fraction of sp³-hybridized carbons (Fsp3) is 0.488. The molecule has 4 saturated heterocycles. The molecule has 54 heavy (non-hydrogen) atoms. The summed E-state index contributed by atoms with van der Waals surface area (Å²) in [5.41, 5.74) is 1.74. The first-order valence-corrected chi connectivity index (χ1v) is 19.4. The van der Waals surface area contributed by atoms with Crippen molar-refractivity contribution in [3.8, 4) is 35.5 Å². The third-order valence-corrected chi connectivity index (χ3v) is 12.0. The summed E-state index contributed by atoms with van der Waals surface area (Å²) in [7, 11) is 0. The molecule has 0 spiro atoms. The average Bonchev–Trinajstić information content (AvgIpc) is 3.75. The van der Waals surface area contributed by atoms with E-state index in [0.717, 1.165) is 62.4 Å². The highest BCUT2D eigenvalue weighted by Gasteiger charge is 2.55. The second-order valence-electron chi connectivity index (χ2n) is 16.7. The third-order valence-electron chi connectivity index (χ3n) is 12.0. The molecular weight excluding hydrogens is 684 g/mol. The Morgan fingerprint density at radius 3 is 2.74 bits per heavy atom. The monoisotopic (exact) mass is 730 g/mol. The van der Waals surface area contributed by atoms with Crippen LogP contribution in [0.1, 0.15) is 78.2 Å². The molecule has 1 amide bonds. The standard InChI is InChI=1S/C43H47FN6O4/c1-7-12-31-37-30-18-17-28(50(30)41(51)54-42(4,5)6)23-49(37)38-33-36(46-40(47-38)52-24-43-19-11-20-48(43)22-25(3)21-43)34(44)35(45-39(33)53-31)29-16-10-15-27-14-9-13-26(8-2)32(27)29/h2,9-10,13-16,28,30-31,37H,3,7,11-12,17-24H2,1,4-6H3/t28-,30+,31?,37+,43?/m1/s1. The Morgan fingerprint density at radius 1 is 1.15 bits per heavy atom. The summed E-state index contributed by atoms with van der Waals surface area (Å²) in [5.74, 6) is 2.97. The average molecular weight is 731 g/mol. The molecule has 7 heterocycles. The maximum Gasteiger partial charge on any atom is 0.410 e. The van der Waals surface area contributed by atoms with Crippen molar-refractivity contribution in [1.29, 1.82) is 0 Å². The molecule has 5 atom stereocenters.